The number of pyridine rings is 1. The summed E-state index contributed by atoms with van der Waals surface area (Å²) in [5, 5.41) is 0.742. The van der Waals surface area contributed by atoms with Crippen molar-refractivity contribution in [3.05, 3.63) is 29.8 Å². The molecule has 0 spiro atoms. The van der Waals surface area contributed by atoms with Crippen LogP contribution in [0.1, 0.15) is 23.2 Å². The number of amides is 1. The van der Waals surface area contributed by atoms with Gasteiger partial charge in [0.2, 0.25) is 0 Å². The van der Waals surface area contributed by atoms with Crippen molar-refractivity contribution in [3.8, 4) is 0 Å². The monoisotopic (exact) mass is 286 g/mol. The first kappa shape index (κ1) is 11.5. The van der Waals surface area contributed by atoms with Crippen LogP contribution in [-0.4, -0.2) is 33.7 Å². The molecule has 1 fully saturated rings. The van der Waals surface area contributed by atoms with E-state index in [2.05, 4.69) is 20.9 Å². The minimum atomic E-state index is -0.548. The Labute approximate surface area is 102 Å². The van der Waals surface area contributed by atoms with E-state index in [1.54, 1.807) is 4.90 Å². The maximum atomic E-state index is 13.4. The van der Waals surface area contributed by atoms with Gasteiger partial charge in [0.05, 0.1) is 11.8 Å². The summed E-state index contributed by atoms with van der Waals surface area (Å²) in [6, 6.07) is 1.61. The molecule has 1 aromatic heterocycles. The Balaban J connectivity index is 2.22. The summed E-state index contributed by atoms with van der Waals surface area (Å²) in [4.78, 5) is 17.4. The Morgan fingerprint density at radius 2 is 2.50 bits per heavy atom. The summed E-state index contributed by atoms with van der Waals surface area (Å²) in [6.45, 7) is 0.705. The van der Waals surface area contributed by atoms with E-state index < -0.39 is 5.82 Å². The van der Waals surface area contributed by atoms with Crippen molar-refractivity contribution in [1.29, 1.82) is 0 Å². The second-order valence-electron chi connectivity index (χ2n) is 3.80. The minimum absolute atomic E-state index is 0.114. The third kappa shape index (κ3) is 2.09. The number of halogens is 2. The summed E-state index contributed by atoms with van der Waals surface area (Å²) >= 11 is 3.38. The molecule has 0 N–H and O–H groups in total. The summed E-state index contributed by atoms with van der Waals surface area (Å²) in [5.41, 5.74) is 0.114. The van der Waals surface area contributed by atoms with E-state index in [0.29, 0.717) is 6.54 Å². The van der Waals surface area contributed by atoms with Crippen molar-refractivity contribution >= 4 is 21.8 Å². The van der Waals surface area contributed by atoms with Crippen molar-refractivity contribution in [3.63, 3.8) is 0 Å². The Morgan fingerprint density at radius 3 is 3.19 bits per heavy atom. The number of hydrogen-bond donors (Lipinski definition) is 0. The van der Waals surface area contributed by atoms with Gasteiger partial charge in [-0.2, -0.15) is 0 Å². The molecule has 0 radical (unpaired) electrons. The van der Waals surface area contributed by atoms with Crippen LogP contribution >= 0.6 is 15.9 Å². The quantitative estimate of drug-likeness (QED) is 0.781. The number of alkyl halides is 1. The fraction of sp³-hybridized carbons (Fsp3) is 0.455. The zero-order valence-corrected chi connectivity index (χ0v) is 10.3. The van der Waals surface area contributed by atoms with Crippen LogP contribution in [0.15, 0.2) is 18.5 Å². The zero-order valence-electron chi connectivity index (χ0n) is 8.70. The van der Waals surface area contributed by atoms with Crippen LogP contribution in [0.5, 0.6) is 0 Å². The lowest BCUT2D eigenvalue weighted by atomic mass is 10.2. The molecule has 0 bridgehead atoms. The molecule has 1 aromatic rings. The normalized spacial score (nSPS) is 20.1. The molecule has 0 aromatic carbocycles. The van der Waals surface area contributed by atoms with Gasteiger partial charge in [0, 0.05) is 24.1 Å². The fourth-order valence-corrected chi connectivity index (χ4v) is 2.64. The first-order valence-electron chi connectivity index (χ1n) is 5.20. The second-order valence-corrected chi connectivity index (χ2v) is 4.45. The SMILES string of the molecule is O=C(c1ccncc1F)N1CCCC1CBr. The van der Waals surface area contributed by atoms with Crippen molar-refractivity contribution in [2.75, 3.05) is 11.9 Å². The average molecular weight is 287 g/mol. The van der Waals surface area contributed by atoms with Gasteiger partial charge >= 0.3 is 0 Å². The predicted molar refractivity (Wildman–Crippen MR) is 62.0 cm³/mol. The molecule has 3 nitrogen and oxygen atoms in total. The summed E-state index contributed by atoms with van der Waals surface area (Å²) < 4.78 is 13.4. The highest BCUT2D eigenvalue weighted by Gasteiger charge is 2.29. The van der Waals surface area contributed by atoms with Crippen molar-refractivity contribution in [2.45, 2.75) is 18.9 Å². The predicted octanol–water partition coefficient (Wildman–Crippen LogP) is 2.22. The van der Waals surface area contributed by atoms with Gasteiger partial charge in [-0.1, -0.05) is 15.9 Å². The molecule has 1 amide bonds. The Bertz CT molecular complexity index is 399. The van der Waals surface area contributed by atoms with Gasteiger partial charge in [-0.3, -0.25) is 9.78 Å². The minimum Gasteiger partial charge on any atom is -0.335 e. The maximum absolute atomic E-state index is 13.4. The van der Waals surface area contributed by atoms with Crippen LogP contribution < -0.4 is 0 Å². The first-order chi connectivity index (χ1) is 7.74. The van der Waals surface area contributed by atoms with E-state index in [0.717, 1.165) is 24.4 Å². The van der Waals surface area contributed by atoms with Gasteiger partial charge in [-0.15, -0.1) is 0 Å². The van der Waals surface area contributed by atoms with Gasteiger partial charge in [0.1, 0.15) is 0 Å². The summed E-state index contributed by atoms with van der Waals surface area (Å²) in [7, 11) is 0. The van der Waals surface area contributed by atoms with E-state index in [9.17, 15) is 9.18 Å². The van der Waals surface area contributed by atoms with Gasteiger partial charge < -0.3 is 4.90 Å². The van der Waals surface area contributed by atoms with Crippen molar-refractivity contribution in [2.24, 2.45) is 0 Å². The van der Waals surface area contributed by atoms with Crippen molar-refractivity contribution in [1.82, 2.24) is 9.88 Å². The molecule has 1 unspecified atom stereocenters. The largest absolute Gasteiger partial charge is 0.335 e. The molecule has 5 heteroatoms. The van der Waals surface area contributed by atoms with Crippen LogP contribution in [0.25, 0.3) is 0 Å². The highest BCUT2D eigenvalue weighted by atomic mass is 79.9. The number of carbonyl (C=O) groups excluding carboxylic acids is 1. The molecule has 0 aliphatic carbocycles. The van der Waals surface area contributed by atoms with E-state index in [4.69, 9.17) is 0 Å². The Hall–Kier alpha value is -0.970. The highest BCUT2D eigenvalue weighted by molar-refractivity contribution is 9.09. The molecule has 86 valence electrons. The van der Waals surface area contributed by atoms with Crippen molar-refractivity contribution < 1.29 is 9.18 Å². The number of hydrogen-bond acceptors (Lipinski definition) is 2. The topological polar surface area (TPSA) is 33.2 Å². The van der Waals surface area contributed by atoms with E-state index >= 15 is 0 Å². The molecule has 0 saturated carbocycles. The molecule has 1 atom stereocenters. The van der Waals surface area contributed by atoms with E-state index in [1.807, 2.05) is 0 Å². The Morgan fingerprint density at radius 1 is 1.69 bits per heavy atom. The maximum Gasteiger partial charge on any atom is 0.257 e. The molecule has 1 aliphatic rings. The molecule has 1 saturated heterocycles. The molecule has 2 heterocycles. The second kappa shape index (κ2) is 4.91. The van der Waals surface area contributed by atoms with Gasteiger partial charge in [-0.05, 0) is 18.9 Å². The lowest BCUT2D eigenvalue weighted by Gasteiger charge is -2.23. The highest BCUT2D eigenvalue weighted by Crippen LogP contribution is 2.22. The number of carbonyl (C=O) groups is 1. The number of nitrogens with zero attached hydrogens (tertiary/aromatic N) is 2. The summed E-state index contributed by atoms with van der Waals surface area (Å²) in [5.74, 6) is -0.783. The number of likely N-dealkylation sites (tertiary alicyclic amines) is 1. The molecular formula is C11H12BrFN2O. The third-order valence-electron chi connectivity index (χ3n) is 2.82. The lowest BCUT2D eigenvalue weighted by molar-refractivity contribution is 0.0745. The zero-order chi connectivity index (χ0) is 11.5. The summed E-state index contributed by atoms with van der Waals surface area (Å²) in [6.07, 6.45) is 4.47. The number of rotatable bonds is 2. The smallest absolute Gasteiger partial charge is 0.257 e. The number of aromatic nitrogens is 1. The van der Waals surface area contributed by atoms with Crippen LogP contribution in [0.2, 0.25) is 0 Å². The standard InChI is InChI=1S/C11H12BrFN2O/c12-6-8-2-1-5-15(8)11(16)9-3-4-14-7-10(9)13/h3-4,7-8H,1-2,5-6H2. The van der Waals surface area contributed by atoms with Crippen LogP contribution in [0.4, 0.5) is 4.39 Å². The molecular weight excluding hydrogens is 275 g/mol. The van der Waals surface area contributed by atoms with Crippen LogP contribution in [0.3, 0.4) is 0 Å². The fourth-order valence-electron chi connectivity index (χ4n) is 1.97. The Kier molecular flexibility index (Phi) is 3.53. The molecule has 1 aliphatic heterocycles. The van der Waals surface area contributed by atoms with Gasteiger partial charge in [0.25, 0.3) is 5.91 Å². The average Bonchev–Trinajstić information content (AvgIpc) is 2.77. The third-order valence-corrected chi connectivity index (χ3v) is 3.57. The lowest BCUT2D eigenvalue weighted by Crippen LogP contribution is -2.36. The first-order valence-corrected chi connectivity index (χ1v) is 6.32. The van der Waals surface area contributed by atoms with E-state index in [-0.39, 0.29) is 17.5 Å². The van der Waals surface area contributed by atoms with Gasteiger partial charge in [0.15, 0.2) is 5.82 Å². The van der Waals surface area contributed by atoms with Crippen LogP contribution in [0, 0.1) is 5.82 Å². The van der Waals surface area contributed by atoms with Crippen LogP contribution in [-0.2, 0) is 0 Å². The van der Waals surface area contributed by atoms with E-state index in [1.165, 1.54) is 12.3 Å². The molecule has 2 rings (SSSR count). The van der Waals surface area contributed by atoms with Gasteiger partial charge in [-0.25, -0.2) is 4.39 Å². The molecule has 16 heavy (non-hydrogen) atoms.